The number of rotatable bonds is 1. The van der Waals surface area contributed by atoms with Crippen LogP contribution >= 0.6 is 0 Å². The Morgan fingerprint density at radius 2 is 1.93 bits per heavy atom. The summed E-state index contributed by atoms with van der Waals surface area (Å²) >= 11 is 0. The first-order valence-corrected chi connectivity index (χ1v) is 3.70. The second kappa shape index (κ2) is 4.36. The van der Waals surface area contributed by atoms with E-state index in [9.17, 15) is 12.9 Å². The summed E-state index contributed by atoms with van der Waals surface area (Å²) in [6, 6.07) is 3.65. The number of pyridine rings is 1. The van der Waals surface area contributed by atoms with E-state index in [1.165, 1.54) is 23.0 Å². The van der Waals surface area contributed by atoms with Crippen LogP contribution in [0.25, 0.3) is 5.52 Å². The first kappa shape index (κ1) is 12.3. The Kier molecular flexibility index (Phi) is 3.82. The zero-order chi connectivity index (χ0) is 9.47. The van der Waals surface area contributed by atoms with Crippen molar-refractivity contribution in [2.24, 2.45) is 0 Å². The van der Waals surface area contributed by atoms with E-state index in [-0.39, 0.29) is 51.4 Å². The van der Waals surface area contributed by atoms with E-state index in [1.54, 1.807) is 0 Å². The summed E-state index contributed by atoms with van der Waals surface area (Å²) in [5, 5.41) is 3.80. The van der Waals surface area contributed by atoms with Crippen molar-refractivity contribution in [1.82, 2.24) is 9.61 Å². The van der Waals surface area contributed by atoms with Crippen molar-refractivity contribution < 1.29 is 64.3 Å². The van der Waals surface area contributed by atoms with Gasteiger partial charge in [0.15, 0.2) is 0 Å². The Hall–Kier alpha value is 0.181. The standard InChI is InChI=1S/C7H5BF3N2.K/c9-8(10,11)6-2-4-13-7(5-6)1-3-12-13;/h1-5H;/q-1;+1. The monoisotopic (exact) mass is 224 g/mol. The number of halogens is 3. The molecule has 2 nitrogen and oxygen atoms in total. The topological polar surface area (TPSA) is 17.3 Å². The average Bonchev–Trinajstić information content (AvgIpc) is 2.47. The SMILES string of the molecule is F[B-](F)(F)c1ccn2nccc2c1.[K+]. The van der Waals surface area contributed by atoms with Gasteiger partial charge in [0.1, 0.15) is 0 Å². The molecule has 0 aromatic carbocycles. The average molecular weight is 224 g/mol. The number of nitrogens with zero attached hydrogens (tertiary/aromatic N) is 2. The summed E-state index contributed by atoms with van der Waals surface area (Å²) in [6.45, 7) is -4.91. The van der Waals surface area contributed by atoms with Crippen LogP contribution in [-0.4, -0.2) is 16.6 Å². The molecule has 68 valence electrons. The quantitative estimate of drug-likeness (QED) is 0.533. The van der Waals surface area contributed by atoms with Gasteiger partial charge in [-0.05, 0) is 6.07 Å². The fourth-order valence-electron chi connectivity index (χ4n) is 1.14. The number of hydrogen-bond donors (Lipinski definition) is 0. The third kappa shape index (κ3) is 2.40. The van der Waals surface area contributed by atoms with Crippen LogP contribution in [0, 0.1) is 0 Å². The Morgan fingerprint density at radius 3 is 2.57 bits per heavy atom. The molecule has 0 aliphatic carbocycles. The van der Waals surface area contributed by atoms with Crippen molar-refractivity contribution in [1.29, 1.82) is 0 Å². The molecule has 2 rings (SSSR count). The van der Waals surface area contributed by atoms with Gasteiger partial charge >= 0.3 is 58.4 Å². The molecule has 0 fully saturated rings. The van der Waals surface area contributed by atoms with Crippen LogP contribution in [0.5, 0.6) is 0 Å². The van der Waals surface area contributed by atoms with E-state index in [0.29, 0.717) is 5.52 Å². The van der Waals surface area contributed by atoms with E-state index >= 15 is 0 Å². The predicted molar refractivity (Wildman–Crippen MR) is 43.9 cm³/mol. The molecule has 0 unspecified atom stereocenters. The molecule has 0 spiro atoms. The summed E-state index contributed by atoms with van der Waals surface area (Å²) in [7, 11) is 0. The van der Waals surface area contributed by atoms with Crippen molar-refractivity contribution in [3.63, 3.8) is 0 Å². The van der Waals surface area contributed by atoms with E-state index in [1.807, 2.05) is 0 Å². The molecule has 0 amide bonds. The molecular formula is C7H5BF3KN2. The molecule has 7 heteroatoms. The van der Waals surface area contributed by atoms with Crippen LogP contribution in [0.1, 0.15) is 0 Å². The molecule has 0 saturated carbocycles. The van der Waals surface area contributed by atoms with Crippen molar-refractivity contribution in [3.05, 3.63) is 30.6 Å². The summed E-state index contributed by atoms with van der Waals surface area (Å²) < 4.78 is 38.2. The maximum Gasteiger partial charge on any atom is 1.00 e. The van der Waals surface area contributed by atoms with Crippen LogP contribution in [0.3, 0.4) is 0 Å². The summed E-state index contributed by atoms with van der Waals surface area (Å²) in [5.74, 6) is 0. The molecule has 0 aliphatic heterocycles. The van der Waals surface area contributed by atoms with Gasteiger partial charge in [-0.2, -0.15) is 5.10 Å². The molecule has 0 bridgehead atoms. The number of fused-ring (bicyclic) bond motifs is 1. The van der Waals surface area contributed by atoms with Crippen molar-refractivity contribution in [2.75, 3.05) is 0 Å². The van der Waals surface area contributed by atoms with Gasteiger partial charge in [-0.25, -0.2) is 4.52 Å². The van der Waals surface area contributed by atoms with Crippen molar-refractivity contribution in [3.8, 4) is 0 Å². The summed E-state index contributed by atoms with van der Waals surface area (Å²) in [6.07, 6.45) is 2.77. The van der Waals surface area contributed by atoms with Crippen LogP contribution in [0.2, 0.25) is 0 Å². The first-order valence-electron chi connectivity index (χ1n) is 3.70. The van der Waals surface area contributed by atoms with Gasteiger partial charge in [-0.1, -0.05) is 12.1 Å². The molecule has 2 heterocycles. The smallest absolute Gasteiger partial charge is 0.445 e. The predicted octanol–water partition coefficient (Wildman–Crippen LogP) is -1.61. The molecule has 0 aliphatic rings. The first-order chi connectivity index (χ1) is 6.07. The van der Waals surface area contributed by atoms with Gasteiger partial charge < -0.3 is 12.9 Å². The third-order valence-electron chi connectivity index (χ3n) is 1.80. The second-order valence-electron chi connectivity index (χ2n) is 2.74. The molecular weight excluding hydrogens is 219 g/mol. The van der Waals surface area contributed by atoms with E-state index in [2.05, 4.69) is 5.10 Å². The molecule has 0 radical (unpaired) electrons. The third-order valence-corrected chi connectivity index (χ3v) is 1.80. The van der Waals surface area contributed by atoms with Crippen LogP contribution in [-0.2, 0) is 0 Å². The van der Waals surface area contributed by atoms with Crippen molar-refractivity contribution >= 4 is 18.0 Å². The Morgan fingerprint density at radius 1 is 1.21 bits per heavy atom. The fourth-order valence-corrected chi connectivity index (χ4v) is 1.14. The largest absolute Gasteiger partial charge is 1.00 e. The minimum atomic E-state index is -4.91. The minimum absolute atomic E-state index is 0. The Labute approximate surface area is 121 Å². The zero-order valence-corrected chi connectivity index (χ0v) is 10.6. The molecule has 2 aromatic rings. The normalized spacial score (nSPS) is 11.4. The van der Waals surface area contributed by atoms with Crippen LogP contribution in [0.15, 0.2) is 30.6 Å². The van der Waals surface area contributed by atoms with E-state index in [0.717, 1.165) is 12.1 Å². The van der Waals surface area contributed by atoms with Gasteiger partial charge in [-0.3, -0.25) is 0 Å². The molecule has 0 saturated heterocycles. The van der Waals surface area contributed by atoms with Gasteiger partial charge in [0, 0.05) is 12.4 Å². The van der Waals surface area contributed by atoms with Crippen LogP contribution < -0.4 is 56.8 Å². The van der Waals surface area contributed by atoms with Gasteiger partial charge in [-0.15, -0.1) is 5.46 Å². The number of hydrogen-bond acceptors (Lipinski definition) is 1. The fraction of sp³-hybridized carbons (Fsp3) is 0. The Balaban J connectivity index is 0.000000980. The summed E-state index contributed by atoms with van der Waals surface area (Å²) in [4.78, 5) is 0. The van der Waals surface area contributed by atoms with E-state index < -0.39 is 12.4 Å². The number of aromatic nitrogens is 2. The van der Waals surface area contributed by atoms with Gasteiger partial charge in [0.25, 0.3) is 0 Å². The molecule has 14 heavy (non-hydrogen) atoms. The Bertz CT molecular complexity index is 440. The maximum atomic E-state index is 12.3. The summed E-state index contributed by atoms with van der Waals surface area (Å²) in [5.41, 5.74) is -0.135. The van der Waals surface area contributed by atoms with E-state index in [4.69, 9.17) is 0 Å². The maximum absolute atomic E-state index is 12.3. The van der Waals surface area contributed by atoms with Gasteiger partial charge in [0.05, 0.1) is 5.52 Å². The molecule has 2 aromatic heterocycles. The van der Waals surface area contributed by atoms with Crippen LogP contribution in [0.4, 0.5) is 12.9 Å². The second-order valence-corrected chi connectivity index (χ2v) is 2.74. The minimum Gasteiger partial charge on any atom is -0.445 e. The zero-order valence-electron chi connectivity index (χ0n) is 7.49. The molecule has 0 N–H and O–H groups in total. The van der Waals surface area contributed by atoms with Gasteiger partial charge in [0.2, 0.25) is 0 Å². The molecule has 0 atom stereocenters. The van der Waals surface area contributed by atoms with Crippen molar-refractivity contribution in [2.45, 2.75) is 0 Å².